The van der Waals surface area contributed by atoms with Gasteiger partial charge in [0, 0.05) is 49.3 Å². The average Bonchev–Trinajstić information content (AvgIpc) is 3.62. The van der Waals surface area contributed by atoms with Gasteiger partial charge in [0.05, 0.1) is 12.6 Å². The Hall–Kier alpha value is -6.13. The maximum Gasteiger partial charge on any atom is 0.246 e. The molecule has 0 radical (unpaired) electrons. The lowest BCUT2D eigenvalue weighted by atomic mass is 9.91. The number of nitrogens with one attached hydrogen (secondary N) is 4. The summed E-state index contributed by atoms with van der Waals surface area (Å²) in [7, 11) is 9.92. The number of carbonyl (C=O) groups excluding carboxylic acids is 11. The SMILES string of the molecule is C/C=C/C[C@@H](C)[C@@H](O)[C@H]1C(=O)N[C@@H](CC)C(=O)N(C)CC(=O)N(C)[C@@H](CC(C)C)C(=O)N[C@@H](C(C)C)C(=O)N(C)C(CC(C)C)C(=O)N[C@@H](C)C(=O)N[C@H](C)C(=O)N(C)C(CC(C)C)C(=O)N(C)C(CC(C)C)C(=O)N(C)C(C(C)C)C(=O)N1C. The normalized spacial score (nSPS) is 26.9. The van der Waals surface area contributed by atoms with Gasteiger partial charge in [-0.1, -0.05) is 109 Å². The van der Waals surface area contributed by atoms with Crippen LogP contribution in [0.25, 0.3) is 0 Å². The second-order valence-electron chi connectivity index (χ2n) is 26.1. The van der Waals surface area contributed by atoms with Gasteiger partial charge in [0.1, 0.15) is 60.4 Å². The van der Waals surface area contributed by atoms with Gasteiger partial charge in [-0.25, -0.2) is 0 Å². The summed E-state index contributed by atoms with van der Waals surface area (Å²) >= 11 is 0. The Morgan fingerprint density at radius 2 is 0.871 bits per heavy atom. The van der Waals surface area contributed by atoms with Crippen LogP contribution in [-0.2, 0) is 52.7 Å². The summed E-state index contributed by atoms with van der Waals surface area (Å²) < 4.78 is 0. The molecule has 0 aliphatic carbocycles. The van der Waals surface area contributed by atoms with Crippen LogP contribution in [0.2, 0.25) is 0 Å². The summed E-state index contributed by atoms with van der Waals surface area (Å²) in [6.45, 7) is 29.3. The Morgan fingerprint density at radius 1 is 0.459 bits per heavy atom. The molecule has 1 rings (SSSR count). The van der Waals surface area contributed by atoms with Crippen LogP contribution in [0.15, 0.2) is 12.2 Å². The largest absolute Gasteiger partial charge is 0.390 e. The second kappa shape index (κ2) is 34.9. The summed E-state index contributed by atoms with van der Waals surface area (Å²) in [6, 6.07) is -12.3. The van der Waals surface area contributed by atoms with Gasteiger partial charge in [0.25, 0.3) is 0 Å². The van der Waals surface area contributed by atoms with Gasteiger partial charge in [0.15, 0.2) is 0 Å². The molecule has 0 aromatic heterocycles. The maximum atomic E-state index is 15.1. The fraction of sp³-hybridized carbons (Fsp3) is 0.790. The van der Waals surface area contributed by atoms with Gasteiger partial charge in [-0.15, -0.1) is 0 Å². The third kappa shape index (κ3) is 21.7. The van der Waals surface area contributed by atoms with Crippen molar-refractivity contribution in [2.24, 2.45) is 41.4 Å². The van der Waals surface area contributed by atoms with Crippen molar-refractivity contribution in [3.05, 3.63) is 12.2 Å². The zero-order valence-electron chi connectivity index (χ0n) is 56.1. The topological polar surface area (TPSA) is 279 Å². The van der Waals surface area contributed by atoms with E-state index in [0.29, 0.717) is 6.42 Å². The molecule has 1 saturated heterocycles. The number of carbonyl (C=O) groups is 11. The summed E-state index contributed by atoms with van der Waals surface area (Å²) in [4.78, 5) is 169. The number of aliphatic hydroxyl groups is 1. The molecule has 4 unspecified atom stereocenters. The first kappa shape index (κ1) is 76.9. The predicted molar refractivity (Wildman–Crippen MR) is 328 cm³/mol. The molecule has 1 aliphatic heterocycles. The van der Waals surface area contributed by atoms with E-state index < -0.39 is 156 Å². The van der Waals surface area contributed by atoms with Gasteiger partial charge in [-0.05, 0) is 101 Å². The van der Waals surface area contributed by atoms with Gasteiger partial charge in [0.2, 0.25) is 65.0 Å². The minimum Gasteiger partial charge on any atom is -0.390 e. The van der Waals surface area contributed by atoms with E-state index in [9.17, 15) is 48.3 Å². The van der Waals surface area contributed by atoms with Crippen LogP contribution in [0.4, 0.5) is 0 Å². The van der Waals surface area contributed by atoms with Gasteiger partial charge < -0.3 is 60.7 Å². The Morgan fingerprint density at radius 3 is 1.32 bits per heavy atom. The first-order chi connectivity index (χ1) is 39.2. The highest BCUT2D eigenvalue weighted by atomic mass is 16.3. The maximum absolute atomic E-state index is 15.1. The summed E-state index contributed by atoms with van der Waals surface area (Å²) in [5.41, 5.74) is 0. The molecule has 0 saturated carbocycles. The molecule has 0 spiro atoms. The highest BCUT2D eigenvalue weighted by molar-refractivity contribution is 5.99. The predicted octanol–water partition coefficient (Wildman–Crippen LogP) is 3.27. The van der Waals surface area contributed by atoms with Crippen molar-refractivity contribution >= 4 is 65.0 Å². The average molecular weight is 1200 g/mol. The summed E-state index contributed by atoms with van der Waals surface area (Å²) in [5.74, 6) is -9.71. The molecule has 0 bridgehead atoms. The number of allylic oxidation sites excluding steroid dienone is 2. The van der Waals surface area contributed by atoms with Crippen LogP contribution < -0.4 is 21.3 Å². The quantitative estimate of drug-likeness (QED) is 0.148. The van der Waals surface area contributed by atoms with E-state index in [2.05, 4.69) is 21.3 Å². The number of amides is 11. The van der Waals surface area contributed by atoms with Crippen molar-refractivity contribution in [2.75, 3.05) is 55.9 Å². The molecule has 0 aromatic rings. The van der Waals surface area contributed by atoms with Crippen molar-refractivity contribution < 1.29 is 57.8 Å². The molecule has 11 amide bonds. The molecular formula is C62H111N11O12. The van der Waals surface area contributed by atoms with Crippen molar-refractivity contribution in [2.45, 2.75) is 223 Å². The van der Waals surface area contributed by atoms with Crippen LogP contribution in [-0.4, -0.2) is 227 Å². The highest BCUT2D eigenvalue weighted by Crippen LogP contribution is 2.26. The molecule has 5 N–H and O–H groups in total. The third-order valence-electron chi connectivity index (χ3n) is 16.1. The minimum absolute atomic E-state index is 0.0229. The van der Waals surface area contributed by atoms with E-state index in [1.165, 1.54) is 87.7 Å². The van der Waals surface area contributed by atoms with E-state index >= 15 is 9.59 Å². The molecule has 1 aliphatic rings. The van der Waals surface area contributed by atoms with Crippen LogP contribution >= 0.6 is 0 Å². The number of rotatable bonds is 15. The zero-order chi connectivity index (χ0) is 66.0. The van der Waals surface area contributed by atoms with E-state index in [-0.39, 0.29) is 55.8 Å². The third-order valence-corrected chi connectivity index (χ3v) is 16.1. The molecule has 0 aromatic carbocycles. The van der Waals surface area contributed by atoms with Crippen molar-refractivity contribution in [3.63, 3.8) is 0 Å². The summed E-state index contributed by atoms with van der Waals surface area (Å²) in [6.07, 6.45) is 3.04. The molecule has 1 heterocycles. The van der Waals surface area contributed by atoms with Gasteiger partial charge in [-0.2, -0.15) is 0 Å². The Balaban J connectivity index is 4.32. The van der Waals surface area contributed by atoms with E-state index in [0.717, 1.165) is 9.80 Å². The van der Waals surface area contributed by atoms with Crippen LogP contribution in [0.1, 0.15) is 156 Å². The number of aliphatic hydroxyl groups excluding tert-OH is 1. The van der Waals surface area contributed by atoms with Crippen LogP contribution in [0.5, 0.6) is 0 Å². The molecule has 23 nitrogen and oxygen atoms in total. The summed E-state index contributed by atoms with van der Waals surface area (Å²) in [5, 5.41) is 23.1. The van der Waals surface area contributed by atoms with Crippen molar-refractivity contribution in [3.8, 4) is 0 Å². The molecule has 23 heteroatoms. The molecule has 1 fully saturated rings. The van der Waals surface area contributed by atoms with Crippen molar-refractivity contribution in [1.82, 2.24) is 55.6 Å². The van der Waals surface area contributed by atoms with Crippen LogP contribution in [0.3, 0.4) is 0 Å². The fourth-order valence-electron chi connectivity index (χ4n) is 10.7. The van der Waals surface area contributed by atoms with Crippen molar-refractivity contribution in [1.29, 1.82) is 0 Å². The zero-order valence-corrected chi connectivity index (χ0v) is 56.1. The van der Waals surface area contributed by atoms with E-state index in [1.807, 2.05) is 61.5 Å². The molecule has 486 valence electrons. The molecule has 12 atom stereocenters. The Kier molecular flexibility index (Phi) is 31.5. The monoisotopic (exact) mass is 1200 g/mol. The standard InChI is InChI=1S/C62H111N11O12/c1-25-27-28-40(15)52(75)51-56(79)65-43(26-2)58(81)67(18)33-48(74)68(19)44(29-34(3)4)55(78)66-49(38(11)12)61(84)69(20)45(30-35(5)6)54(77)63-41(16)53(76)64-42(17)57(80)70(21)46(31-36(7)8)59(82)71(22)47(32-37(9)10)60(83)72(23)50(39(13)14)62(85)73(51)24/h25,27,34-47,49-52,75H,26,28-33H2,1-24H3,(H,63,77)(H,64,76)(H,65,79)(H,66,78)/b27-25+/t40-,41+,42-,43+,44+,45?,46?,47?,49+,50?,51+,52-/m1/s1. The Bertz CT molecular complexity index is 2330. The molecular weight excluding hydrogens is 1090 g/mol. The first-order valence-electron chi connectivity index (χ1n) is 30.6. The number of likely N-dealkylation sites (N-methyl/N-ethyl adjacent to an activating group) is 7. The highest BCUT2D eigenvalue weighted by Gasteiger charge is 2.45. The van der Waals surface area contributed by atoms with Crippen LogP contribution in [0, 0.1) is 41.4 Å². The lowest BCUT2D eigenvalue weighted by Gasteiger charge is -2.41. The number of hydrogen-bond acceptors (Lipinski definition) is 12. The Labute approximate surface area is 508 Å². The fourth-order valence-corrected chi connectivity index (χ4v) is 10.7. The lowest BCUT2D eigenvalue weighted by Crippen LogP contribution is -2.63. The van der Waals surface area contributed by atoms with Gasteiger partial charge >= 0.3 is 0 Å². The smallest absolute Gasteiger partial charge is 0.246 e. The second-order valence-corrected chi connectivity index (χ2v) is 26.1. The molecule has 85 heavy (non-hydrogen) atoms. The number of hydrogen-bond donors (Lipinski definition) is 5. The van der Waals surface area contributed by atoms with Gasteiger partial charge in [-0.3, -0.25) is 52.7 Å². The first-order valence-corrected chi connectivity index (χ1v) is 30.6. The lowest BCUT2D eigenvalue weighted by molar-refractivity contribution is -0.157. The number of nitrogens with zero attached hydrogens (tertiary/aromatic N) is 7. The minimum atomic E-state index is -1.61. The van der Waals surface area contributed by atoms with E-state index in [1.54, 1.807) is 54.5 Å². The van der Waals surface area contributed by atoms with E-state index in [4.69, 9.17) is 0 Å².